The number of nitrogens with one attached hydrogen (secondary N) is 2. The van der Waals surface area contributed by atoms with Gasteiger partial charge in [0.25, 0.3) is 5.91 Å². The van der Waals surface area contributed by atoms with Crippen molar-refractivity contribution in [3.8, 4) is 0 Å². The first-order chi connectivity index (χ1) is 12.6. The third kappa shape index (κ3) is 4.94. The lowest BCUT2D eigenvalue weighted by atomic mass is 10.1. The fraction of sp³-hybridized carbons (Fsp3) is 0.450. The normalized spacial score (nSPS) is 14.2. The quantitative estimate of drug-likeness (QED) is 0.782. The summed E-state index contributed by atoms with van der Waals surface area (Å²) >= 11 is 0. The molecule has 1 aromatic heterocycles. The molecule has 0 unspecified atom stereocenters. The molecule has 0 bridgehead atoms. The van der Waals surface area contributed by atoms with Gasteiger partial charge in [-0.2, -0.15) is 0 Å². The zero-order valence-electron chi connectivity index (χ0n) is 15.6. The van der Waals surface area contributed by atoms with Crippen LogP contribution in [0.3, 0.4) is 0 Å². The molecule has 0 aliphatic carbocycles. The molecular weight excluding hydrogens is 326 g/mol. The van der Waals surface area contributed by atoms with Crippen LogP contribution in [0.25, 0.3) is 0 Å². The van der Waals surface area contributed by atoms with Gasteiger partial charge in [-0.05, 0) is 45.2 Å². The van der Waals surface area contributed by atoms with Gasteiger partial charge in [-0.3, -0.25) is 4.79 Å². The van der Waals surface area contributed by atoms with E-state index in [0.29, 0.717) is 18.7 Å². The fourth-order valence-electron chi connectivity index (χ4n) is 3.18. The zero-order valence-corrected chi connectivity index (χ0v) is 15.6. The zero-order chi connectivity index (χ0) is 18.4. The van der Waals surface area contributed by atoms with Crippen LogP contribution in [-0.2, 0) is 0 Å². The van der Waals surface area contributed by atoms with E-state index >= 15 is 0 Å². The largest absolute Gasteiger partial charge is 0.368 e. The maximum Gasteiger partial charge on any atom is 0.251 e. The van der Waals surface area contributed by atoms with Gasteiger partial charge in [-0.1, -0.05) is 17.7 Å². The molecule has 2 aromatic rings. The Labute approximate surface area is 155 Å². The van der Waals surface area contributed by atoms with Crippen LogP contribution in [0.5, 0.6) is 0 Å². The van der Waals surface area contributed by atoms with Crippen molar-refractivity contribution in [2.75, 3.05) is 36.4 Å². The van der Waals surface area contributed by atoms with Gasteiger partial charge in [0, 0.05) is 37.8 Å². The lowest BCUT2D eigenvalue weighted by Gasteiger charge is -2.28. The summed E-state index contributed by atoms with van der Waals surface area (Å²) in [6, 6.07) is 9.60. The lowest BCUT2D eigenvalue weighted by Crippen LogP contribution is -2.31. The van der Waals surface area contributed by atoms with E-state index in [-0.39, 0.29) is 5.91 Å². The Bertz CT molecular complexity index is 756. The summed E-state index contributed by atoms with van der Waals surface area (Å²) < 4.78 is 0. The highest BCUT2D eigenvalue weighted by atomic mass is 16.1. The summed E-state index contributed by atoms with van der Waals surface area (Å²) in [5, 5.41) is 6.22. The van der Waals surface area contributed by atoms with Crippen LogP contribution in [0.1, 0.15) is 41.0 Å². The lowest BCUT2D eigenvalue weighted by molar-refractivity contribution is 0.0955. The van der Waals surface area contributed by atoms with Gasteiger partial charge >= 0.3 is 0 Å². The molecule has 1 saturated heterocycles. The number of aryl methyl sites for hydroxylation is 2. The highest BCUT2D eigenvalue weighted by Gasteiger charge is 2.13. The Hall–Kier alpha value is -2.63. The van der Waals surface area contributed by atoms with E-state index in [1.165, 1.54) is 19.3 Å². The van der Waals surface area contributed by atoms with Crippen molar-refractivity contribution in [1.29, 1.82) is 0 Å². The maximum atomic E-state index is 12.2. The van der Waals surface area contributed by atoms with E-state index in [0.717, 1.165) is 36.1 Å². The number of hydrogen-bond donors (Lipinski definition) is 2. The van der Waals surface area contributed by atoms with E-state index in [1.54, 1.807) is 0 Å². The van der Waals surface area contributed by atoms with Crippen LogP contribution in [0.2, 0.25) is 0 Å². The third-order valence-corrected chi connectivity index (χ3v) is 4.50. The number of carbonyl (C=O) groups is 1. The molecule has 2 heterocycles. The SMILES string of the molecule is Cc1cccc(C(=O)NCCNc2cc(N3CCCCC3)nc(C)n2)c1. The topological polar surface area (TPSA) is 70.2 Å². The summed E-state index contributed by atoms with van der Waals surface area (Å²) in [4.78, 5) is 23.5. The smallest absolute Gasteiger partial charge is 0.251 e. The molecule has 26 heavy (non-hydrogen) atoms. The van der Waals surface area contributed by atoms with Crippen molar-refractivity contribution < 1.29 is 4.79 Å². The van der Waals surface area contributed by atoms with Gasteiger partial charge in [0.1, 0.15) is 17.5 Å². The number of hydrogen-bond acceptors (Lipinski definition) is 5. The standard InChI is InChI=1S/C20H27N5O/c1-15-7-6-8-17(13-15)20(26)22-10-9-21-18-14-19(24-16(2)23-18)25-11-4-3-5-12-25/h6-8,13-14H,3-5,9-12H2,1-2H3,(H,22,26)(H,21,23,24). The van der Waals surface area contributed by atoms with Crippen LogP contribution in [0, 0.1) is 13.8 Å². The molecule has 0 saturated carbocycles. The Kier molecular flexibility index (Phi) is 6.04. The Balaban J connectivity index is 1.51. The van der Waals surface area contributed by atoms with E-state index in [9.17, 15) is 4.79 Å². The molecule has 6 nitrogen and oxygen atoms in total. The van der Waals surface area contributed by atoms with Crippen LogP contribution in [0.4, 0.5) is 11.6 Å². The van der Waals surface area contributed by atoms with E-state index in [1.807, 2.05) is 44.2 Å². The number of piperidine rings is 1. The van der Waals surface area contributed by atoms with Gasteiger partial charge in [-0.15, -0.1) is 0 Å². The van der Waals surface area contributed by atoms with Crippen LogP contribution >= 0.6 is 0 Å². The Morgan fingerprint density at radius 2 is 1.88 bits per heavy atom. The molecule has 1 amide bonds. The monoisotopic (exact) mass is 353 g/mol. The number of aromatic nitrogens is 2. The summed E-state index contributed by atoms with van der Waals surface area (Å²) in [6.45, 7) is 7.17. The molecule has 0 radical (unpaired) electrons. The fourth-order valence-corrected chi connectivity index (χ4v) is 3.18. The highest BCUT2D eigenvalue weighted by molar-refractivity contribution is 5.94. The minimum atomic E-state index is -0.0524. The minimum Gasteiger partial charge on any atom is -0.368 e. The van der Waals surface area contributed by atoms with E-state index in [4.69, 9.17) is 0 Å². The molecule has 0 spiro atoms. The Morgan fingerprint density at radius 3 is 2.65 bits per heavy atom. The van der Waals surface area contributed by atoms with Crippen molar-refractivity contribution in [1.82, 2.24) is 15.3 Å². The first kappa shape index (κ1) is 18.2. The molecule has 1 aromatic carbocycles. The average molecular weight is 353 g/mol. The number of anilines is 2. The molecule has 2 N–H and O–H groups in total. The number of amides is 1. The number of nitrogens with zero attached hydrogens (tertiary/aromatic N) is 3. The van der Waals surface area contributed by atoms with Crippen LogP contribution < -0.4 is 15.5 Å². The van der Waals surface area contributed by atoms with E-state index < -0.39 is 0 Å². The summed E-state index contributed by atoms with van der Waals surface area (Å²) in [7, 11) is 0. The molecular formula is C20H27N5O. The molecule has 3 rings (SSSR count). The first-order valence-corrected chi connectivity index (χ1v) is 9.31. The average Bonchev–Trinajstić information content (AvgIpc) is 2.65. The number of benzene rings is 1. The molecule has 1 fully saturated rings. The second kappa shape index (κ2) is 8.65. The highest BCUT2D eigenvalue weighted by Crippen LogP contribution is 2.20. The molecule has 1 aliphatic heterocycles. The summed E-state index contributed by atoms with van der Waals surface area (Å²) in [5.74, 6) is 2.51. The predicted octanol–water partition coefficient (Wildman–Crippen LogP) is 2.93. The Morgan fingerprint density at radius 1 is 1.08 bits per heavy atom. The van der Waals surface area contributed by atoms with E-state index in [2.05, 4.69) is 25.5 Å². The minimum absolute atomic E-state index is 0.0524. The molecule has 6 heteroatoms. The molecule has 1 aliphatic rings. The van der Waals surface area contributed by atoms with Crippen molar-refractivity contribution in [2.24, 2.45) is 0 Å². The number of carbonyl (C=O) groups excluding carboxylic acids is 1. The third-order valence-electron chi connectivity index (χ3n) is 4.50. The predicted molar refractivity (Wildman–Crippen MR) is 105 cm³/mol. The van der Waals surface area contributed by atoms with Crippen molar-refractivity contribution in [3.63, 3.8) is 0 Å². The molecule has 138 valence electrons. The summed E-state index contributed by atoms with van der Waals surface area (Å²) in [5.41, 5.74) is 1.77. The van der Waals surface area contributed by atoms with Gasteiger partial charge in [0.05, 0.1) is 0 Å². The van der Waals surface area contributed by atoms with Crippen molar-refractivity contribution >= 4 is 17.5 Å². The van der Waals surface area contributed by atoms with Crippen LogP contribution in [-0.4, -0.2) is 42.1 Å². The second-order valence-electron chi connectivity index (χ2n) is 6.76. The van der Waals surface area contributed by atoms with Crippen LogP contribution in [0.15, 0.2) is 30.3 Å². The van der Waals surface area contributed by atoms with Gasteiger partial charge in [0.2, 0.25) is 0 Å². The van der Waals surface area contributed by atoms with Gasteiger partial charge < -0.3 is 15.5 Å². The van der Waals surface area contributed by atoms with Gasteiger partial charge in [0.15, 0.2) is 0 Å². The second-order valence-corrected chi connectivity index (χ2v) is 6.76. The van der Waals surface area contributed by atoms with Crippen molar-refractivity contribution in [2.45, 2.75) is 33.1 Å². The molecule has 0 atom stereocenters. The number of rotatable bonds is 6. The summed E-state index contributed by atoms with van der Waals surface area (Å²) in [6.07, 6.45) is 3.74. The van der Waals surface area contributed by atoms with Gasteiger partial charge in [-0.25, -0.2) is 9.97 Å². The van der Waals surface area contributed by atoms with Crippen molar-refractivity contribution in [3.05, 3.63) is 47.3 Å². The maximum absolute atomic E-state index is 12.2. The first-order valence-electron chi connectivity index (χ1n) is 9.31.